The summed E-state index contributed by atoms with van der Waals surface area (Å²) in [7, 11) is 0. The maximum atomic E-state index is 12.2. The first-order valence-corrected chi connectivity index (χ1v) is 10.7. The molecule has 3 rings (SSSR count). The fourth-order valence-corrected chi connectivity index (χ4v) is 2.90. The van der Waals surface area contributed by atoms with Crippen molar-refractivity contribution in [1.29, 1.82) is 0 Å². The van der Waals surface area contributed by atoms with Crippen molar-refractivity contribution in [2.24, 2.45) is 4.99 Å². The van der Waals surface area contributed by atoms with Gasteiger partial charge in [0.05, 0.1) is 19.3 Å². The molecule has 1 aromatic carbocycles. The van der Waals surface area contributed by atoms with Crippen LogP contribution >= 0.6 is 24.0 Å². The van der Waals surface area contributed by atoms with Gasteiger partial charge in [-0.1, -0.05) is 32.9 Å². The van der Waals surface area contributed by atoms with Gasteiger partial charge in [-0.3, -0.25) is 9.48 Å². The van der Waals surface area contributed by atoms with Crippen LogP contribution in [0.5, 0.6) is 0 Å². The molecule has 2 aromatic heterocycles. The molecule has 33 heavy (non-hydrogen) atoms. The van der Waals surface area contributed by atoms with E-state index in [1.807, 2.05) is 31.2 Å². The molecule has 3 aromatic rings. The van der Waals surface area contributed by atoms with Gasteiger partial charge in [0.1, 0.15) is 12.3 Å². The monoisotopic (exact) mass is 565 g/mol. The van der Waals surface area contributed by atoms with Crippen molar-refractivity contribution in [3.05, 3.63) is 66.1 Å². The van der Waals surface area contributed by atoms with Crippen LogP contribution in [0.2, 0.25) is 0 Å². The van der Waals surface area contributed by atoms with Crippen LogP contribution in [-0.4, -0.2) is 33.2 Å². The van der Waals surface area contributed by atoms with Crippen LogP contribution in [0.3, 0.4) is 0 Å². The number of amides is 1. The van der Waals surface area contributed by atoms with E-state index in [9.17, 15) is 4.79 Å². The Labute approximate surface area is 211 Å². The molecule has 0 bridgehead atoms. The number of guanidine groups is 1. The van der Waals surface area contributed by atoms with E-state index in [-0.39, 0.29) is 41.8 Å². The Balaban J connectivity index is 0.00000385. The third kappa shape index (κ3) is 8.52. The van der Waals surface area contributed by atoms with Crippen LogP contribution in [-0.2, 0) is 29.8 Å². The summed E-state index contributed by atoms with van der Waals surface area (Å²) in [6.07, 6.45) is 5.17. The number of carbonyl (C=O) groups excluding carboxylic acids is 1. The summed E-state index contributed by atoms with van der Waals surface area (Å²) < 4.78 is 7.41. The van der Waals surface area contributed by atoms with Crippen molar-refractivity contribution in [3.8, 4) is 0 Å². The second-order valence-corrected chi connectivity index (χ2v) is 8.37. The second kappa shape index (κ2) is 12.4. The summed E-state index contributed by atoms with van der Waals surface area (Å²) in [4.78, 5) is 21.2. The number of hydrogen-bond acceptors (Lipinski definition) is 5. The van der Waals surface area contributed by atoms with Gasteiger partial charge < -0.3 is 20.4 Å². The zero-order chi connectivity index (χ0) is 23.0. The van der Waals surface area contributed by atoms with Gasteiger partial charge in [0.2, 0.25) is 11.8 Å². The Morgan fingerprint density at radius 2 is 2.03 bits per heavy atom. The fraction of sp³-hybridized carbons (Fsp3) is 0.391. The normalized spacial score (nSPS) is 11.6. The molecule has 0 saturated carbocycles. The minimum absolute atomic E-state index is 0. The molecule has 0 atom stereocenters. The Bertz CT molecular complexity index is 1040. The lowest BCUT2D eigenvalue weighted by atomic mass is 9.94. The number of rotatable bonds is 8. The van der Waals surface area contributed by atoms with E-state index in [4.69, 9.17) is 4.42 Å². The molecule has 1 amide bonds. The number of anilines is 1. The lowest BCUT2D eigenvalue weighted by Crippen LogP contribution is -2.36. The number of oxazole rings is 1. The number of aliphatic imine (C=N–C) groups is 1. The highest BCUT2D eigenvalue weighted by molar-refractivity contribution is 14.0. The van der Waals surface area contributed by atoms with Gasteiger partial charge in [-0.2, -0.15) is 5.10 Å². The van der Waals surface area contributed by atoms with Crippen molar-refractivity contribution in [3.63, 3.8) is 0 Å². The Morgan fingerprint density at radius 3 is 2.70 bits per heavy atom. The van der Waals surface area contributed by atoms with E-state index >= 15 is 0 Å². The first-order valence-electron chi connectivity index (χ1n) is 10.7. The van der Waals surface area contributed by atoms with Crippen LogP contribution < -0.4 is 16.0 Å². The minimum Gasteiger partial charge on any atom is -0.443 e. The molecular formula is C23H32IN7O2. The minimum atomic E-state index is -0.134. The molecular weight excluding hydrogens is 533 g/mol. The summed E-state index contributed by atoms with van der Waals surface area (Å²) >= 11 is 0. The largest absolute Gasteiger partial charge is 0.443 e. The summed E-state index contributed by atoms with van der Waals surface area (Å²) in [6.45, 7) is 10.1. The Morgan fingerprint density at radius 1 is 1.21 bits per heavy atom. The van der Waals surface area contributed by atoms with E-state index < -0.39 is 0 Å². The third-order valence-corrected chi connectivity index (χ3v) is 4.54. The SMILES string of the molecule is CCNC(=NCc1cccc(NC(=O)Cn2cccn2)c1)NCc1ncc(C(C)(C)C)o1.I. The molecule has 9 nitrogen and oxygen atoms in total. The number of benzene rings is 1. The zero-order valence-corrected chi connectivity index (χ0v) is 21.8. The standard InChI is InChI=1S/C23H31N7O2.HI/c1-5-24-22(27-15-21-25-14-19(32-21)23(2,3)4)26-13-17-8-6-9-18(12-17)29-20(31)16-30-11-7-10-28-30;/h6-12,14H,5,13,15-16H2,1-4H3,(H,29,31)(H2,24,26,27);1H. The highest BCUT2D eigenvalue weighted by Gasteiger charge is 2.19. The van der Waals surface area contributed by atoms with Crippen LogP contribution in [0.25, 0.3) is 0 Å². The Hall–Kier alpha value is -2.89. The Kier molecular flexibility index (Phi) is 9.89. The molecule has 0 spiro atoms. The summed E-state index contributed by atoms with van der Waals surface area (Å²) in [5, 5.41) is 13.4. The van der Waals surface area contributed by atoms with Crippen LogP contribution in [0.15, 0.2) is 58.3 Å². The lowest BCUT2D eigenvalue weighted by Gasteiger charge is -2.13. The first-order chi connectivity index (χ1) is 15.3. The molecule has 0 saturated heterocycles. The molecule has 10 heteroatoms. The number of carbonyl (C=O) groups is 1. The van der Waals surface area contributed by atoms with Crippen molar-refractivity contribution in [1.82, 2.24) is 25.4 Å². The molecule has 3 N–H and O–H groups in total. The van der Waals surface area contributed by atoms with Gasteiger partial charge in [-0.25, -0.2) is 9.98 Å². The van der Waals surface area contributed by atoms with E-state index in [1.54, 1.807) is 29.3 Å². The number of halogens is 1. The number of aromatic nitrogens is 3. The molecule has 2 heterocycles. The van der Waals surface area contributed by atoms with E-state index in [0.29, 0.717) is 24.9 Å². The molecule has 0 fully saturated rings. The van der Waals surface area contributed by atoms with Gasteiger partial charge in [0, 0.05) is 30.0 Å². The number of nitrogens with one attached hydrogen (secondary N) is 3. The van der Waals surface area contributed by atoms with Gasteiger partial charge in [0.15, 0.2) is 5.96 Å². The average Bonchev–Trinajstić information content (AvgIpc) is 3.42. The zero-order valence-electron chi connectivity index (χ0n) is 19.5. The highest BCUT2D eigenvalue weighted by atomic mass is 127. The van der Waals surface area contributed by atoms with E-state index in [0.717, 1.165) is 23.6 Å². The molecule has 0 radical (unpaired) electrons. The summed E-state index contributed by atoms with van der Waals surface area (Å²) in [6, 6.07) is 9.42. The molecule has 0 aliphatic rings. The number of nitrogens with zero attached hydrogens (tertiary/aromatic N) is 4. The smallest absolute Gasteiger partial charge is 0.246 e. The van der Waals surface area contributed by atoms with Crippen molar-refractivity contribution < 1.29 is 9.21 Å². The topological polar surface area (TPSA) is 109 Å². The van der Waals surface area contributed by atoms with Crippen molar-refractivity contribution in [2.75, 3.05) is 11.9 Å². The van der Waals surface area contributed by atoms with Gasteiger partial charge in [-0.15, -0.1) is 24.0 Å². The molecule has 178 valence electrons. The molecule has 0 unspecified atom stereocenters. The van der Waals surface area contributed by atoms with Crippen molar-refractivity contribution >= 4 is 41.5 Å². The second-order valence-electron chi connectivity index (χ2n) is 8.37. The first kappa shape index (κ1) is 26.4. The third-order valence-electron chi connectivity index (χ3n) is 4.54. The fourth-order valence-electron chi connectivity index (χ4n) is 2.90. The van der Waals surface area contributed by atoms with E-state index in [2.05, 4.69) is 51.8 Å². The average molecular weight is 565 g/mol. The summed E-state index contributed by atoms with van der Waals surface area (Å²) in [5.74, 6) is 1.99. The highest BCUT2D eigenvalue weighted by Crippen LogP contribution is 2.22. The predicted molar refractivity (Wildman–Crippen MR) is 140 cm³/mol. The maximum Gasteiger partial charge on any atom is 0.246 e. The van der Waals surface area contributed by atoms with Crippen LogP contribution in [0.4, 0.5) is 5.69 Å². The van der Waals surface area contributed by atoms with Crippen molar-refractivity contribution in [2.45, 2.75) is 52.7 Å². The van der Waals surface area contributed by atoms with Crippen LogP contribution in [0, 0.1) is 0 Å². The lowest BCUT2D eigenvalue weighted by molar-refractivity contribution is -0.116. The summed E-state index contributed by atoms with van der Waals surface area (Å²) in [5.41, 5.74) is 1.62. The van der Waals surface area contributed by atoms with Gasteiger partial charge in [-0.05, 0) is 30.7 Å². The quantitative estimate of drug-likeness (QED) is 0.219. The predicted octanol–water partition coefficient (Wildman–Crippen LogP) is 3.68. The van der Waals surface area contributed by atoms with Gasteiger partial charge in [0.25, 0.3) is 0 Å². The van der Waals surface area contributed by atoms with Gasteiger partial charge >= 0.3 is 0 Å². The molecule has 0 aliphatic heterocycles. The van der Waals surface area contributed by atoms with Crippen LogP contribution in [0.1, 0.15) is 44.9 Å². The molecule has 0 aliphatic carbocycles. The number of hydrogen-bond donors (Lipinski definition) is 3. The maximum absolute atomic E-state index is 12.2. The van der Waals surface area contributed by atoms with E-state index in [1.165, 1.54) is 0 Å².